The summed E-state index contributed by atoms with van der Waals surface area (Å²) < 4.78 is 0. The Labute approximate surface area is 86.1 Å². The second-order valence-corrected chi connectivity index (χ2v) is 3.85. The van der Waals surface area contributed by atoms with Crippen molar-refractivity contribution in [1.29, 1.82) is 5.26 Å². The van der Waals surface area contributed by atoms with Gasteiger partial charge in [0.05, 0.1) is 6.07 Å². The topological polar surface area (TPSA) is 65.1 Å². The fraction of sp³-hybridized carbons (Fsp3) is 0.900. The number of hydrogen-bond donors (Lipinski definition) is 2. The van der Waals surface area contributed by atoms with Crippen molar-refractivity contribution in [2.24, 2.45) is 11.7 Å². The SMILES string of the molecule is N#CCCN1CCC(CNCN)CC1. The van der Waals surface area contributed by atoms with Crippen molar-refractivity contribution >= 4 is 0 Å². The maximum Gasteiger partial charge on any atom is 0.0635 e. The summed E-state index contributed by atoms with van der Waals surface area (Å²) in [5, 5.41) is 11.6. The van der Waals surface area contributed by atoms with Crippen LogP contribution in [0, 0.1) is 17.2 Å². The Morgan fingerprint density at radius 1 is 1.43 bits per heavy atom. The van der Waals surface area contributed by atoms with E-state index in [1.54, 1.807) is 0 Å². The third-order valence-corrected chi connectivity index (χ3v) is 2.82. The van der Waals surface area contributed by atoms with Gasteiger partial charge in [-0.3, -0.25) is 0 Å². The fourth-order valence-corrected chi connectivity index (χ4v) is 1.91. The predicted octanol–water partition coefficient (Wildman–Crippen LogP) is 0.118. The van der Waals surface area contributed by atoms with Crippen LogP contribution in [0.15, 0.2) is 0 Å². The number of rotatable bonds is 5. The molecule has 0 amide bonds. The fourth-order valence-electron chi connectivity index (χ4n) is 1.91. The van der Waals surface area contributed by atoms with E-state index in [1.165, 1.54) is 12.8 Å². The molecule has 80 valence electrons. The zero-order valence-electron chi connectivity index (χ0n) is 8.71. The Kier molecular flexibility index (Phi) is 5.53. The van der Waals surface area contributed by atoms with Gasteiger partial charge in [0.1, 0.15) is 0 Å². The van der Waals surface area contributed by atoms with Crippen molar-refractivity contribution in [3.05, 3.63) is 0 Å². The largest absolute Gasteiger partial charge is 0.318 e. The number of likely N-dealkylation sites (tertiary alicyclic amines) is 1. The second kappa shape index (κ2) is 6.77. The van der Waals surface area contributed by atoms with Gasteiger partial charge in [0, 0.05) is 19.6 Å². The van der Waals surface area contributed by atoms with Gasteiger partial charge < -0.3 is 16.0 Å². The number of nitrogens with one attached hydrogen (secondary N) is 1. The standard InChI is InChI=1S/C10H20N4/c11-4-1-5-14-6-2-10(3-7-14)8-13-9-12/h10,13H,1-3,5-9,12H2. The van der Waals surface area contributed by atoms with Crippen LogP contribution in [0.3, 0.4) is 0 Å². The number of nitriles is 1. The molecule has 0 unspecified atom stereocenters. The number of piperidine rings is 1. The minimum atomic E-state index is 0.578. The molecule has 3 N–H and O–H groups in total. The normalized spacial score (nSPS) is 19.4. The van der Waals surface area contributed by atoms with E-state index < -0.39 is 0 Å². The molecule has 0 atom stereocenters. The Hall–Kier alpha value is -0.630. The highest BCUT2D eigenvalue weighted by atomic mass is 15.1. The molecule has 1 fully saturated rings. The minimum absolute atomic E-state index is 0.578. The van der Waals surface area contributed by atoms with Gasteiger partial charge in [-0.2, -0.15) is 5.26 Å². The van der Waals surface area contributed by atoms with E-state index in [2.05, 4.69) is 16.3 Å². The van der Waals surface area contributed by atoms with Crippen molar-refractivity contribution < 1.29 is 0 Å². The van der Waals surface area contributed by atoms with E-state index in [1.807, 2.05) is 0 Å². The average Bonchev–Trinajstić information content (AvgIpc) is 2.25. The Morgan fingerprint density at radius 2 is 2.14 bits per heavy atom. The second-order valence-electron chi connectivity index (χ2n) is 3.85. The molecule has 0 aliphatic carbocycles. The van der Waals surface area contributed by atoms with Crippen LogP contribution in [0.2, 0.25) is 0 Å². The predicted molar refractivity (Wildman–Crippen MR) is 56.5 cm³/mol. The van der Waals surface area contributed by atoms with Crippen LogP contribution in [0.25, 0.3) is 0 Å². The highest BCUT2D eigenvalue weighted by Crippen LogP contribution is 2.16. The molecular formula is C10H20N4. The molecule has 0 radical (unpaired) electrons. The Morgan fingerprint density at radius 3 is 2.71 bits per heavy atom. The third kappa shape index (κ3) is 4.05. The molecule has 0 aromatic carbocycles. The number of nitrogens with two attached hydrogens (primary N) is 1. The average molecular weight is 196 g/mol. The van der Waals surface area contributed by atoms with Crippen LogP contribution in [-0.4, -0.2) is 37.7 Å². The highest BCUT2D eigenvalue weighted by Gasteiger charge is 2.17. The van der Waals surface area contributed by atoms with Gasteiger partial charge in [-0.1, -0.05) is 0 Å². The summed E-state index contributed by atoms with van der Waals surface area (Å²) in [6.45, 7) is 4.84. The van der Waals surface area contributed by atoms with Crippen LogP contribution >= 0.6 is 0 Å². The van der Waals surface area contributed by atoms with Gasteiger partial charge >= 0.3 is 0 Å². The zero-order chi connectivity index (χ0) is 10.2. The summed E-state index contributed by atoms with van der Waals surface area (Å²) in [6, 6.07) is 2.19. The first-order valence-electron chi connectivity index (χ1n) is 5.37. The lowest BCUT2D eigenvalue weighted by molar-refractivity contribution is 0.186. The van der Waals surface area contributed by atoms with E-state index in [-0.39, 0.29) is 0 Å². The summed E-state index contributed by atoms with van der Waals surface area (Å²) in [5.74, 6) is 0.775. The maximum absolute atomic E-state index is 8.46. The first kappa shape index (κ1) is 11.4. The van der Waals surface area contributed by atoms with E-state index in [0.29, 0.717) is 13.1 Å². The number of hydrogen-bond acceptors (Lipinski definition) is 4. The number of nitrogens with zero attached hydrogens (tertiary/aromatic N) is 2. The summed E-state index contributed by atoms with van der Waals surface area (Å²) >= 11 is 0. The molecule has 1 heterocycles. The monoisotopic (exact) mass is 196 g/mol. The van der Waals surface area contributed by atoms with Gasteiger partial charge in [0.15, 0.2) is 0 Å². The molecule has 0 spiro atoms. The maximum atomic E-state index is 8.46. The summed E-state index contributed by atoms with van der Waals surface area (Å²) in [4.78, 5) is 2.38. The molecule has 1 aliphatic heterocycles. The smallest absolute Gasteiger partial charge is 0.0635 e. The first-order valence-corrected chi connectivity index (χ1v) is 5.37. The molecule has 0 aromatic heterocycles. The van der Waals surface area contributed by atoms with Crippen molar-refractivity contribution in [1.82, 2.24) is 10.2 Å². The van der Waals surface area contributed by atoms with Crippen LogP contribution in [-0.2, 0) is 0 Å². The van der Waals surface area contributed by atoms with E-state index in [0.717, 1.165) is 32.1 Å². The molecule has 1 saturated heterocycles. The van der Waals surface area contributed by atoms with Gasteiger partial charge in [0.2, 0.25) is 0 Å². The minimum Gasteiger partial charge on any atom is -0.318 e. The molecule has 4 nitrogen and oxygen atoms in total. The van der Waals surface area contributed by atoms with E-state index in [9.17, 15) is 0 Å². The zero-order valence-corrected chi connectivity index (χ0v) is 8.71. The van der Waals surface area contributed by atoms with Gasteiger partial charge in [-0.15, -0.1) is 0 Å². The lowest BCUT2D eigenvalue weighted by atomic mass is 9.97. The summed E-state index contributed by atoms with van der Waals surface area (Å²) in [6.07, 6.45) is 3.13. The first-order chi connectivity index (χ1) is 6.86. The van der Waals surface area contributed by atoms with Crippen molar-refractivity contribution in [2.75, 3.05) is 32.8 Å². The van der Waals surface area contributed by atoms with Crippen molar-refractivity contribution in [3.63, 3.8) is 0 Å². The quantitative estimate of drug-likeness (QED) is 0.613. The van der Waals surface area contributed by atoms with Gasteiger partial charge in [-0.05, 0) is 38.4 Å². The Balaban J connectivity index is 2.09. The molecule has 1 rings (SSSR count). The Bertz CT molecular complexity index is 179. The molecule has 0 saturated carbocycles. The molecule has 0 aromatic rings. The van der Waals surface area contributed by atoms with Gasteiger partial charge in [-0.25, -0.2) is 0 Å². The molecule has 4 heteroatoms. The lowest BCUT2D eigenvalue weighted by Gasteiger charge is -2.31. The van der Waals surface area contributed by atoms with Crippen LogP contribution in [0.5, 0.6) is 0 Å². The molecule has 14 heavy (non-hydrogen) atoms. The van der Waals surface area contributed by atoms with Crippen LogP contribution in [0.1, 0.15) is 19.3 Å². The van der Waals surface area contributed by atoms with Crippen molar-refractivity contribution in [3.8, 4) is 6.07 Å². The molecular weight excluding hydrogens is 176 g/mol. The molecule has 0 bridgehead atoms. The third-order valence-electron chi connectivity index (χ3n) is 2.82. The van der Waals surface area contributed by atoms with E-state index >= 15 is 0 Å². The van der Waals surface area contributed by atoms with Crippen molar-refractivity contribution in [2.45, 2.75) is 19.3 Å². The summed E-state index contributed by atoms with van der Waals surface area (Å²) in [7, 11) is 0. The van der Waals surface area contributed by atoms with Crippen LogP contribution < -0.4 is 11.1 Å². The van der Waals surface area contributed by atoms with E-state index in [4.69, 9.17) is 11.0 Å². The molecule has 1 aliphatic rings. The van der Waals surface area contributed by atoms with Crippen LogP contribution in [0.4, 0.5) is 0 Å². The van der Waals surface area contributed by atoms with Gasteiger partial charge in [0.25, 0.3) is 0 Å². The summed E-state index contributed by atoms with van der Waals surface area (Å²) in [5.41, 5.74) is 5.38. The lowest BCUT2D eigenvalue weighted by Crippen LogP contribution is -2.38. The highest BCUT2D eigenvalue weighted by molar-refractivity contribution is 4.77.